The first kappa shape index (κ1) is 15.5. The summed E-state index contributed by atoms with van der Waals surface area (Å²) in [5.41, 5.74) is 1.93. The molecule has 0 aliphatic carbocycles. The molecule has 0 saturated heterocycles. The number of nitrogens with one attached hydrogen (secondary N) is 1. The Bertz CT molecular complexity index is 587. The Morgan fingerprint density at radius 2 is 1.90 bits per heavy atom. The maximum atomic E-state index is 13.3. The highest BCUT2D eigenvalue weighted by Gasteiger charge is 2.07. The fraction of sp³-hybridized carbons (Fsp3) is 0.294. The van der Waals surface area contributed by atoms with Crippen molar-refractivity contribution >= 4 is 0 Å². The monoisotopic (exact) mass is 289 g/mol. The lowest BCUT2D eigenvalue weighted by molar-refractivity contribution is 0.199. The van der Waals surface area contributed by atoms with Crippen LogP contribution in [0.15, 0.2) is 42.5 Å². The standard InChI is InChI=1S/C17H20FNO2/c1-13-7-8-15(18)11-17(13)21-16-6-4-3-5-14(16)12-19-9-10-20-2/h3-8,11,19H,9-10,12H2,1-2H3. The van der Waals surface area contributed by atoms with Crippen LogP contribution in [-0.2, 0) is 11.3 Å². The second kappa shape index (κ2) is 7.76. The third-order valence-corrected chi connectivity index (χ3v) is 3.14. The Balaban J connectivity index is 2.10. The molecule has 0 aromatic heterocycles. The summed E-state index contributed by atoms with van der Waals surface area (Å²) < 4.78 is 24.2. The molecule has 1 N–H and O–H groups in total. The molecule has 0 heterocycles. The van der Waals surface area contributed by atoms with E-state index in [2.05, 4.69) is 5.32 Å². The molecular weight excluding hydrogens is 269 g/mol. The zero-order chi connectivity index (χ0) is 15.1. The van der Waals surface area contributed by atoms with Gasteiger partial charge in [0.1, 0.15) is 17.3 Å². The minimum absolute atomic E-state index is 0.300. The summed E-state index contributed by atoms with van der Waals surface area (Å²) >= 11 is 0. The molecule has 0 saturated carbocycles. The van der Waals surface area contributed by atoms with Crippen molar-refractivity contribution in [3.05, 3.63) is 59.4 Å². The summed E-state index contributed by atoms with van der Waals surface area (Å²) in [4.78, 5) is 0. The van der Waals surface area contributed by atoms with Crippen LogP contribution in [0.4, 0.5) is 4.39 Å². The fourth-order valence-electron chi connectivity index (χ4n) is 1.95. The molecule has 0 unspecified atom stereocenters. The third kappa shape index (κ3) is 4.55. The maximum absolute atomic E-state index is 13.3. The molecular formula is C17H20FNO2. The Morgan fingerprint density at radius 3 is 2.71 bits per heavy atom. The van der Waals surface area contributed by atoms with Crippen LogP contribution in [0.2, 0.25) is 0 Å². The minimum atomic E-state index is -0.300. The zero-order valence-electron chi connectivity index (χ0n) is 12.4. The number of para-hydroxylation sites is 1. The highest BCUT2D eigenvalue weighted by Crippen LogP contribution is 2.28. The van der Waals surface area contributed by atoms with Gasteiger partial charge in [0, 0.05) is 31.8 Å². The summed E-state index contributed by atoms with van der Waals surface area (Å²) in [6, 6.07) is 12.3. The number of aryl methyl sites for hydroxylation is 1. The van der Waals surface area contributed by atoms with Crippen LogP contribution in [0.3, 0.4) is 0 Å². The third-order valence-electron chi connectivity index (χ3n) is 3.14. The number of hydrogen-bond acceptors (Lipinski definition) is 3. The number of methoxy groups -OCH3 is 1. The molecule has 0 aliphatic rings. The molecule has 0 spiro atoms. The fourth-order valence-corrected chi connectivity index (χ4v) is 1.95. The summed E-state index contributed by atoms with van der Waals surface area (Å²) in [6.07, 6.45) is 0. The predicted octanol–water partition coefficient (Wildman–Crippen LogP) is 3.66. The molecule has 0 radical (unpaired) electrons. The van der Waals surface area contributed by atoms with Crippen molar-refractivity contribution in [2.24, 2.45) is 0 Å². The van der Waals surface area contributed by atoms with Crippen LogP contribution in [0, 0.1) is 12.7 Å². The number of rotatable bonds is 7. The second-order valence-corrected chi connectivity index (χ2v) is 4.79. The zero-order valence-corrected chi connectivity index (χ0v) is 12.4. The Labute approximate surface area is 124 Å². The second-order valence-electron chi connectivity index (χ2n) is 4.79. The van der Waals surface area contributed by atoms with Gasteiger partial charge >= 0.3 is 0 Å². The lowest BCUT2D eigenvalue weighted by Crippen LogP contribution is -2.18. The van der Waals surface area contributed by atoms with Crippen molar-refractivity contribution in [2.75, 3.05) is 20.3 Å². The van der Waals surface area contributed by atoms with Crippen molar-refractivity contribution in [1.29, 1.82) is 0 Å². The Hall–Kier alpha value is -1.91. The van der Waals surface area contributed by atoms with E-state index in [1.165, 1.54) is 12.1 Å². The van der Waals surface area contributed by atoms with Gasteiger partial charge in [-0.05, 0) is 24.6 Å². The smallest absolute Gasteiger partial charge is 0.133 e. The molecule has 2 aromatic rings. The number of halogens is 1. The first-order valence-corrected chi connectivity index (χ1v) is 6.92. The van der Waals surface area contributed by atoms with E-state index in [0.717, 1.165) is 23.4 Å². The van der Waals surface area contributed by atoms with Crippen LogP contribution >= 0.6 is 0 Å². The average Bonchev–Trinajstić information content (AvgIpc) is 2.49. The lowest BCUT2D eigenvalue weighted by Gasteiger charge is -2.13. The summed E-state index contributed by atoms with van der Waals surface area (Å²) in [5, 5.41) is 3.28. The van der Waals surface area contributed by atoms with E-state index in [9.17, 15) is 4.39 Å². The molecule has 0 fully saturated rings. The van der Waals surface area contributed by atoms with E-state index in [4.69, 9.17) is 9.47 Å². The van der Waals surface area contributed by atoms with E-state index in [1.54, 1.807) is 13.2 Å². The molecule has 2 rings (SSSR count). The molecule has 0 bridgehead atoms. The highest BCUT2D eigenvalue weighted by atomic mass is 19.1. The van der Waals surface area contributed by atoms with Crippen molar-refractivity contribution in [3.63, 3.8) is 0 Å². The predicted molar refractivity (Wildman–Crippen MR) is 81.2 cm³/mol. The summed E-state index contributed by atoms with van der Waals surface area (Å²) in [7, 11) is 1.67. The largest absolute Gasteiger partial charge is 0.457 e. The molecule has 21 heavy (non-hydrogen) atoms. The summed E-state index contributed by atoms with van der Waals surface area (Å²) in [5.74, 6) is 0.974. The maximum Gasteiger partial charge on any atom is 0.133 e. The Kier molecular flexibility index (Phi) is 5.72. The molecule has 0 atom stereocenters. The van der Waals surface area contributed by atoms with E-state index in [0.29, 0.717) is 18.9 Å². The molecule has 3 nitrogen and oxygen atoms in total. The van der Waals surface area contributed by atoms with Gasteiger partial charge in [-0.1, -0.05) is 24.3 Å². The van der Waals surface area contributed by atoms with Gasteiger partial charge in [-0.25, -0.2) is 4.39 Å². The molecule has 0 amide bonds. The number of benzene rings is 2. The van der Waals surface area contributed by atoms with E-state index >= 15 is 0 Å². The first-order chi connectivity index (χ1) is 10.2. The summed E-state index contributed by atoms with van der Waals surface area (Å²) in [6.45, 7) is 4.00. The molecule has 112 valence electrons. The van der Waals surface area contributed by atoms with E-state index < -0.39 is 0 Å². The van der Waals surface area contributed by atoms with Gasteiger partial charge in [0.2, 0.25) is 0 Å². The molecule has 4 heteroatoms. The minimum Gasteiger partial charge on any atom is -0.457 e. The van der Waals surface area contributed by atoms with Crippen LogP contribution in [-0.4, -0.2) is 20.3 Å². The van der Waals surface area contributed by atoms with E-state index in [1.807, 2.05) is 31.2 Å². The van der Waals surface area contributed by atoms with Gasteiger partial charge in [0.15, 0.2) is 0 Å². The van der Waals surface area contributed by atoms with Gasteiger partial charge in [0.05, 0.1) is 6.61 Å². The average molecular weight is 289 g/mol. The van der Waals surface area contributed by atoms with Gasteiger partial charge < -0.3 is 14.8 Å². The van der Waals surface area contributed by atoms with Gasteiger partial charge in [-0.3, -0.25) is 0 Å². The van der Waals surface area contributed by atoms with Gasteiger partial charge in [0.25, 0.3) is 0 Å². The van der Waals surface area contributed by atoms with E-state index in [-0.39, 0.29) is 5.82 Å². The normalized spacial score (nSPS) is 10.6. The van der Waals surface area contributed by atoms with Crippen LogP contribution < -0.4 is 10.1 Å². The van der Waals surface area contributed by atoms with Crippen molar-refractivity contribution in [2.45, 2.75) is 13.5 Å². The van der Waals surface area contributed by atoms with Crippen molar-refractivity contribution < 1.29 is 13.9 Å². The van der Waals surface area contributed by atoms with Crippen molar-refractivity contribution in [3.8, 4) is 11.5 Å². The Morgan fingerprint density at radius 1 is 1.10 bits per heavy atom. The van der Waals surface area contributed by atoms with Crippen LogP contribution in [0.25, 0.3) is 0 Å². The molecule has 2 aromatic carbocycles. The first-order valence-electron chi connectivity index (χ1n) is 6.92. The number of ether oxygens (including phenoxy) is 2. The quantitative estimate of drug-likeness (QED) is 0.789. The molecule has 0 aliphatic heterocycles. The lowest BCUT2D eigenvalue weighted by atomic mass is 10.2. The van der Waals surface area contributed by atoms with Gasteiger partial charge in [-0.15, -0.1) is 0 Å². The SMILES string of the molecule is COCCNCc1ccccc1Oc1cc(F)ccc1C. The number of hydrogen-bond donors (Lipinski definition) is 1. The van der Waals surface area contributed by atoms with Gasteiger partial charge in [-0.2, -0.15) is 0 Å². The van der Waals surface area contributed by atoms with Crippen LogP contribution in [0.1, 0.15) is 11.1 Å². The topological polar surface area (TPSA) is 30.5 Å². The highest BCUT2D eigenvalue weighted by molar-refractivity contribution is 5.41. The van der Waals surface area contributed by atoms with Crippen molar-refractivity contribution in [1.82, 2.24) is 5.32 Å². The van der Waals surface area contributed by atoms with Crippen LogP contribution in [0.5, 0.6) is 11.5 Å².